The fraction of sp³-hybridized carbons (Fsp3) is 0.667. The Kier molecular flexibility index (Phi) is 9.06. The molecule has 1 atom stereocenters. The fourth-order valence-corrected chi connectivity index (χ4v) is 3.58. The molecule has 170 valence electrons. The molecule has 0 spiro atoms. The molecule has 0 fully saturated rings. The van der Waals surface area contributed by atoms with E-state index in [4.69, 9.17) is 0 Å². The molecule has 0 saturated carbocycles. The summed E-state index contributed by atoms with van der Waals surface area (Å²) in [6, 6.07) is 5.40. The van der Waals surface area contributed by atoms with Gasteiger partial charge in [0, 0.05) is 38.3 Å². The summed E-state index contributed by atoms with van der Waals surface area (Å²) in [5.74, 6) is -0.315. The molecular weight excluding hydrogens is 380 g/mol. The Hall–Kier alpha value is -1.92. The van der Waals surface area contributed by atoms with Gasteiger partial charge in [-0.15, -0.1) is 0 Å². The number of likely N-dealkylation sites (N-methyl/N-ethyl adjacent to an activating group) is 2. The lowest BCUT2D eigenvalue weighted by Crippen LogP contribution is -2.32. The summed E-state index contributed by atoms with van der Waals surface area (Å²) in [6.45, 7) is 13.3. The number of aliphatic hydroxyl groups excluding tert-OH is 2. The summed E-state index contributed by atoms with van der Waals surface area (Å²) in [5.41, 5.74) is 1.84. The highest BCUT2D eigenvalue weighted by molar-refractivity contribution is 6.00. The van der Waals surface area contributed by atoms with Crippen molar-refractivity contribution < 1.29 is 19.8 Å². The maximum atomic E-state index is 13.0. The van der Waals surface area contributed by atoms with E-state index < -0.39 is 0 Å². The molecule has 0 heterocycles. The SMILES string of the molecule is CN(CCO)C(=O)c1cc(C(=O)N(C)CCO)cc(C(CC(C)(C)C)C(C)(C)C)c1. The highest BCUT2D eigenvalue weighted by atomic mass is 16.3. The van der Waals surface area contributed by atoms with Gasteiger partial charge in [0.05, 0.1) is 13.2 Å². The normalized spacial score (nSPS) is 13.1. The molecule has 6 nitrogen and oxygen atoms in total. The van der Waals surface area contributed by atoms with Crippen molar-refractivity contribution in [1.29, 1.82) is 0 Å². The summed E-state index contributed by atoms with van der Waals surface area (Å²) in [7, 11) is 3.28. The van der Waals surface area contributed by atoms with Gasteiger partial charge in [0.15, 0.2) is 0 Å². The van der Waals surface area contributed by atoms with Crippen molar-refractivity contribution in [3.63, 3.8) is 0 Å². The molecule has 0 aromatic heterocycles. The number of amides is 2. The van der Waals surface area contributed by atoms with Crippen molar-refractivity contribution in [2.45, 2.75) is 53.9 Å². The number of rotatable bonds is 8. The van der Waals surface area contributed by atoms with Gasteiger partial charge in [-0.2, -0.15) is 0 Å². The number of aliphatic hydroxyl groups is 2. The van der Waals surface area contributed by atoms with Gasteiger partial charge in [-0.05, 0) is 46.9 Å². The largest absolute Gasteiger partial charge is 0.395 e. The van der Waals surface area contributed by atoms with Crippen LogP contribution in [0.3, 0.4) is 0 Å². The van der Waals surface area contributed by atoms with E-state index in [0.29, 0.717) is 11.1 Å². The highest BCUT2D eigenvalue weighted by Gasteiger charge is 2.32. The lowest BCUT2D eigenvalue weighted by molar-refractivity contribution is 0.0763. The molecule has 1 unspecified atom stereocenters. The third-order valence-corrected chi connectivity index (χ3v) is 5.28. The van der Waals surface area contributed by atoms with Gasteiger partial charge in [-0.25, -0.2) is 0 Å². The van der Waals surface area contributed by atoms with Crippen LogP contribution >= 0.6 is 0 Å². The van der Waals surface area contributed by atoms with Crippen LogP contribution in [0.5, 0.6) is 0 Å². The Labute approximate surface area is 181 Å². The molecule has 30 heavy (non-hydrogen) atoms. The molecule has 0 aliphatic heterocycles. The van der Waals surface area contributed by atoms with Crippen molar-refractivity contribution in [2.24, 2.45) is 10.8 Å². The predicted molar refractivity (Wildman–Crippen MR) is 121 cm³/mol. The van der Waals surface area contributed by atoms with Crippen LogP contribution in [-0.2, 0) is 0 Å². The van der Waals surface area contributed by atoms with E-state index in [0.717, 1.165) is 12.0 Å². The standard InChI is InChI=1S/C24H40N2O4/c1-23(2,3)16-20(24(4,5)6)17-13-18(21(29)25(7)9-11-27)15-19(14-17)22(30)26(8)10-12-28/h13-15,20,27-28H,9-12,16H2,1-8H3. The zero-order valence-electron chi connectivity index (χ0n) is 20.0. The smallest absolute Gasteiger partial charge is 0.253 e. The number of hydrogen-bond donors (Lipinski definition) is 2. The zero-order chi connectivity index (χ0) is 23.3. The van der Waals surface area contributed by atoms with E-state index in [2.05, 4.69) is 41.5 Å². The van der Waals surface area contributed by atoms with Crippen LogP contribution in [0.4, 0.5) is 0 Å². The molecule has 0 radical (unpaired) electrons. The molecular formula is C24H40N2O4. The van der Waals surface area contributed by atoms with Gasteiger partial charge in [-0.3, -0.25) is 9.59 Å². The van der Waals surface area contributed by atoms with Gasteiger partial charge >= 0.3 is 0 Å². The van der Waals surface area contributed by atoms with E-state index in [9.17, 15) is 19.8 Å². The maximum absolute atomic E-state index is 13.0. The number of carbonyl (C=O) groups excluding carboxylic acids is 2. The Morgan fingerprint density at radius 2 is 1.23 bits per heavy atom. The number of carbonyl (C=O) groups is 2. The average Bonchev–Trinajstić information content (AvgIpc) is 2.63. The quantitative estimate of drug-likeness (QED) is 0.676. The van der Waals surface area contributed by atoms with Gasteiger partial charge in [0.1, 0.15) is 0 Å². The Bertz CT molecular complexity index is 689. The summed E-state index contributed by atoms with van der Waals surface area (Å²) in [6.07, 6.45) is 0.904. The van der Waals surface area contributed by atoms with Crippen molar-refractivity contribution in [1.82, 2.24) is 9.80 Å². The second-order valence-electron chi connectivity index (χ2n) is 10.4. The van der Waals surface area contributed by atoms with E-state index in [-0.39, 0.29) is 54.9 Å². The minimum Gasteiger partial charge on any atom is -0.395 e. The molecule has 2 amide bonds. The maximum Gasteiger partial charge on any atom is 0.253 e. The number of hydrogen-bond acceptors (Lipinski definition) is 4. The number of benzene rings is 1. The first-order valence-corrected chi connectivity index (χ1v) is 10.6. The Balaban J connectivity index is 3.59. The summed E-state index contributed by atoms with van der Waals surface area (Å²) >= 11 is 0. The minimum atomic E-state index is -0.229. The highest BCUT2D eigenvalue weighted by Crippen LogP contribution is 2.43. The third-order valence-electron chi connectivity index (χ3n) is 5.28. The lowest BCUT2D eigenvalue weighted by atomic mass is 9.68. The summed E-state index contributed by atoms with van der Waals surface area (Å²) < 4.78 is 0. The topological polar surface area (TPSA) is 81.1 Å². The fourth-order valence-electron chi connectivity index (χ4n) is 3.58. The molecule has 1 aromatic rings. The summed E-state index contributed by atoms with van der Waals surface area (Å²) in [5, 5.41) is 18.4. The lowest BCUT2D eigenvalue weighted by Gasteiger charge is -2.36. The zero-order valence-corrected chi connectivity index (χ0v) is 20.0. The van der Waals surface area contributed by atoms with Crippen molar-refractivity contribution in [2.75, 3.05) is 40.4 Å². The van der Waals surface area contributed by atoms with Crippen molar-refractivity contribution >= 4 is 11.8 Å². The number of nitrogens with zero attached hydrogens (tertiary/aromatic N) is 2. The van der Waals surface area contributed by atoms with Crippen molar-refractivity contribution in [3.05, 3.63) is 34.9 Å². The van der Waals surface area contributed by atoms with Gasteiger partial charge < -0.3 is 20.0 Å². The Morgan fingerprint density at radius 1 is 0.833 bits per heavy atom. The first-order chi connectivity index (χ1) is 13.7. The van der Waals surface area contributed by atoms with Crippen molar-refractivity contribution in [3.8, 4) is 0 Å². The van der Waals surface area contributed by atoms with E-state index in [1.165, 1.54) is 9.80 Å². The van der Waals surface area contributed by atoms with E-state index in [1.807, 2.05) is 12.1 Å². The summed E-state index contributed by atoms with van der Waals surface area (Å²) in [4.78, 5) is 28.8. The third kappa shape index (κ3) is 7.40. The van der Waals surface area contributed by atoms with Gasteiger partial charge in [-0.1, -0.05) is 41.5 Å². The van der Waals surface area contributed by atoms with Crippen LogP contribution in [-0.4, -0.2) is 72.2 Å². The van der Waals surface area contributed by atoms with E-state index >= 15 is 0 Å². The minimum absolute atomic E-state index is 0.0662. The van der Waals surface area contributed by atoms with Crippen LogP contribution in [0.2, 0.25) is 0 Å². The van der Waals surface area contributed by atoms with Crippen LogP contribution in [0.25, 0.3) is 0 Å². The van der Waals surface area contributed by atoms with Gasteiger partial charge in [0.2, 0.25) is 0 Å². The Morgan fingerprint density at radius 3 is 1.53 bits per heavy atom. The molecule has 0 bridgehead atoms. The van der Waals surface area contributed by atoms with Gasteiger partial charge in [0.25, 0.3) is 11.8 Å². The van der Waals surface area contributed by atoms with Crippen LogP contribution in [0.15, 0.2) is 18.2 Å². The van der Waals surface area contributed by atoms with Crippen LogP contribution in [0.1, 0.15) is 80.2 Å². The average molecular weight is 421 g/mol. The molecule has 0 saturated heterocycles. The molecule has 2 N–H and O–H groups in total. The molecule has 0 aliphatic rings. The molecule has 1 aromatic carbocycles. The molecule has 0 aliphatic carbocycles. The van der Waals surface area contributed by atoms with E-state index in [1.54, 1.807) is 20.2 Å². The predicted octanol–water partition coefficient (Wildman–Crippen LogP) is 3.38. The first-order valence-electron chi connectivity index (χ1n) is 10.6. The second kappa shape index (κ2) is 10.4. The van der Waals surface area contributed by atoms with Crippen LogP contribution in [0, 0.1) is 10.8 Å². The molecule has 6 heteroatoms. The second-order valence-corrected chi connectivity index (χ2v) is 10.4. The molecule has 1 rings (SSSR count). The first kappa shape index (κ1) is 26.1. The van der Waals surface area contributed by atoms with Crippen LogP contribution < -0.4 is 0 Å². The monoisotopic (exact) mass is 420 g/mol.